The molecule has 1 amide bonds. The van der Waals surface area contributed by atoms with Crippen LogP contribution in [0.4, 0.5) is 0 Å². The number of hydrogen-bond donors (Lipinski definition) is 0. The lowest BCUT2D eigenvalue weighted by Crippen LogP contribution is -2.47. The molecule has 178 valence electrons. The first-order valence-corrected chi connectivity index (χ1v) is 12.8. The number of rotatable bonds is 5. The molecule has 2 aromatic carbocycles. The second kappa shape index (κ2) is 9.35. The number of ether oxygens (including phenoxy) is 2. The first kappa shape index (κ1) is 23.6. The number of fused-ring (bicyclic) bond motifs is 1. The summed E-state index contributed by atoms with van der Waals surface area (Å²) in [7, 11) is -1.82. The van der Waals surface area contributed by atoms with Crippen molar-refractivity contribution in [1.29, 1.82) is 0 Å². The van der Waals surface area contributed by atoms with Gasteiger partial charge in [-0.2, -0.15) is 4.31 Å². The zero-order valence-corrected chi connectivity index (χ0v) is 20.5. The van der Waals surface area contributed by atoms with Crippen molar-refractivity contribution in [2.75, 3.05) is 33.3 Å². The molecule has 8 heteroatoms. The van der Waals surface area contributed by atoms with E-state index < -0.39 is 10.0 Å². The summed E-state index contributed by atoms with van der Waals surface area (Å²) in [6, 6.07) is 11.3. The van der Waals surface area contributed by atoms with E-state index in [0.717, 1.165) is 22.4 Å². The summed E-state index contributed by atoms with van der Waals surface area (Å²) in [6.07, 6.45) is 0.788. The van der Waals surface area contributed by atoms with Gasteiger partial charge in [-0.3, -0.25) is 4.79 Å². The summed E-state index contributed by atoms with van der Waals surface area (Å²) in [5, 5.41) is 0. The number of sulfonamides is 1. The highest BCUT2D eigenvalue weighted by molar-refractivity contribution is 7.89. The predicted octanol–water partition coefficient (Wildman–Crippen LogP) is 3.31. The molecule has 1 fully saturated rings. The Labute approximate surface area is 196 Å². The van der Waals surface area contributed by atoms with E-state index in [4.69, 9.17) is 9.47 Å². The van der Waals surface area contributed by atoms with E-state index in [1.54, 1.807) is 11.9 Å². The highest BCUT2D eigenvalue weighted by atomic mass is 32.2. The molecule has 4 rings (SSSR count). The monoisotopic (exact) mass is 472 g/mol. The Hall–Kier alpha value is -2.58. The highest BCUT2D eigenvalue weighted by Crippen LogP contribution is 2.32. The molecule has 0 saturated carbocycles. The number of piperidine rings is 1. The van der Waals surface area contributed by atoms with Crippen LogP contribution in [0.25, 0.3) is 0 Å². The van der Waals surface area contributed by atoms with Gasteiger partial charge in [0.25, 0.3) is 0 Å². The number of aryl methyl sites for hydroxylation is 3. The Morgan fingerprint density at radius 3 is 2.30 bits per heavy atom. The van der Waals surface area contributed by atoms with Crippen molar-refractivity contribution >= 4 is 15.9 Å². The maximum absolute atomic E-state index is 13.3. The van der Waals surface area contributed by atoms with Gasteiger partial charge in [0.2, 0.25) is 15.9 Å². The van der Waals surface area contributed by atoms with E-state index in [9.17, 15) is 13.2 Å². The van der Waals surface area contributed by atoms with Crippen LogP contribution in [0.3, 0.4) is 0 Å². The van der Waals surface area contributed by atoms with Crippen molar-refractivity contribution in [3.05, 3.63) is 53.1 Å². The number of carbonyl (C=O) groups is 1. The largest absolute Gasteiger partial charge is 0.486 e. The third-order valence-corrected chi connectivity index (χ3v) is 8.63. The van der Waals surface area contributed by atoms with E-state index >= 15 is 0 Å². The Bertz CT molecular complexity index is 1120. The molecule has 7 nitrogen and oxygen atoms in total. The molecular weight excluding hydrogens is 440 g/mol. The third kappa shape index (κ3) is 4.87. The molecule has 0 aliphatic carbocycles. The van der Waals surface area contributed by atoms with Gasteiger partial charge in [0.15, 0.2) is 17.6 Å². The van der Waals surface area contributed by atoms with Crippen molar-refractivity contribution in [2.45, 2.75) is 44.6 Å². The third-order valence-electron chi connectivity index (χ3n) is 6.43. The van der Waals surface area contributed by atoms with Crippen molar-refractivity contribution < 1.29 is 22.7 Å². The minimum absolute atomic E-state index is 0.0252. The van der Waals surface area contributed by atoms with Gasteiger partial charge in [0, 0.05) is 26.1 Å². The maximum Gasteiger partial charge on any atom is 0.243 e. The molecule has 0 aromatic heterocycles. The lowest BCUT2D eigenvalue weighted by atomic mass is 9.96. The average Bonchev–Trinajstić information content (AvgIpc) is 2.77. The molecule has 2 aliphatic rings. The van der Waals surface area contributed by atoms with Gasteiger partial charge in [0.1, 0.15) is 6.61 Å². The molecule has 1 saturated heterocycles. The maximum atomic E-state index is 13.3. The molecule has 0 spiro atoms. The lowest BCUT2D eigenvalue weighted by Gasteiger charge is -2.34. The molecule has 0 N–H and O–H groups in total. The summed E-state index contributed by atoms with van der Waals surface area (Å²) >= 11 is 0. The summed E-state index contributed by atoms with van der Waals surface area (Å²) in [5.74, 6) is 1.24. The molecule has 2 heterocycles. The first-order chi connectivity index (χ1) is 15.7. The van der Waals surface area contributed by atoms with E-state index in [1.807, 2.05) is 57.2 Å². The normalized spacial score (nSPS) is 19.3. The zero-order chi connectivity index (χ0) is 23.8. The number of hydrogen-bond acceptors (Lipinski definition) is 5. The standard InChI is InChI=1S/C25H32N2O5S/c1-17-13-18(2)24(19(3)14-17)33(29,30)27-11-9-20(10-12-27)25(28)26(4)15-21-16-31-22-7-5-6-8-23(22)32-21/h5-8,13-14,20-21H,9-12,15-16H2,1-4H3. The van der Waals surface area contributed by atoms with Gasteiger partial charge in [-0.15, -0.1) is 0 Å². The first-order valence-electron chi connectivity index (χ1n) is 11.4. The van der Waals surface area contributed by atoms with Crippen LogP contribution in [0.15, 0.2) is 41.3 Å². The number of likely N-dealkylation sites (N-methyl/N-ethyl adjacent to an activating group) is 1. The van der Waals surface area contributed by atoms with Crippen molar-refractivity contribution in [1.82, 2.24) is 9.21 Å². The SMILES string of the molecule is Cc1cc(C)c(S(=O)(=O)N2CCC(C(=O)N(C)CC3COc4ccccc4O3)CC2)c(C)c1. The average molecular weight is 473 g/mol. The van der Waals surface area contributed by atoms with Crippen LogP contribution in [0.1, 0.15) is 29.5 Å². The lowest BCUT2D eigenvalue weighted by molar-refractivity contribution is -0.136. The van der Waals surface area contributed by atoms with Gasteiger partial charge in [0.05, 0.1) is 11.4 Å². The van der Waals surface area contributed by atoms with Gasteiger partial charge in [-0.25, -0.2) is 8.42 Å². The van der Waals surface area contributed by atoms with E-state index in [2.05, 4.69) is 0 Å². The summed E-state index contributed by atoms with van der Waals surface area (Å²) in [4.78, 5) is 15.1. The fourth-order valence-electron chi connectivity index (χ4n) is 4.91. The number of para-hydroxylation sites is 2. The number of carbonyl (C=O) groups excluding carboxylic acids is 1. The van der Waals surface area contributed by atoms with Crippen LogP contribution in [0, 0.1) is 26.7 Å². The summed E-state index contributed by atoms with van der Waals surface area (Å²) in [5.41, 5.74) is 2.58. The van der Waals surface area contributed by atoms with Crippen LogP contribution in [-0.2, 0) is 14.8 Å². The fourth-order valence-corrected chi connectivity index (χ4v) is 6.79. The molecule has 0 radical (unpaired) electrons. The Morgan fingerprint density at radius 1 is 1.06 bits per heavy atom. The zero-order valence-electron chi connectivity index (χ0n) is 19.7. The summed E-state index contributed by atoms with van der Waals surface area (Å²) in [6.45, 7) is 7.15. The van der Waals surface area contributed by atoms with Crippen molar-refractivity contribution in [2.24, 2.45) is 5.92 Å². The van der Waals surface area contributed by atoms with Crippen LogP contribution >= 0.6 is 0 Å². The molecule has 1 atom stereocenters. The van der Waals surface area contributed by atoms with Gasteiger partial charge in [-0.1, -0.05) is 29.8 Å². The molecule has 0 bridgehead atoms. The van der Waals surface area contributed by atoms with Gasteiger partial charge >= 0.3 is 0 Å². The van der Waals surface area contributed by atoms with Crippen LogP contribution < -0.4 is 9.47 Å². The van der Waals surface area contributed by atoms with Crippen molar-refractivity contribution in [3.63, 3.8) is 0 Å². The van der Waals surface area contributed by atoms with Crippen LogP contribution in [0.5, 0.6) is 11.5 Å². The van der Waals surface area contributed by atoms with Crippen LogP contribution in [0.2, 0.25) is 0 Å². The number of nitrogens with zero attached hydrogens (tertiary/aromatic N) is 2. The quantitative estimate of drug-likeness (QED) is 0.667. The minimum atomic E-state index is -3.59. The summed E-state index contributed by atoms with van der Waals surface area (Å²) < 4.78 is 39.9. The second-order valence-corrected chi connectivity index (χ2v) is 11.0. The van der Waals surface area contributed by atoms with Gasteiger partial charge < -0.3 is 14.4 Å². The Kier molecular flexibility index (Phi) is 6.68. The highest BCUT2D eigenvalue weighted by Gasteiger charge is 2.35. The second-order valence-electron chi connectivity index (χ2n) is 9.12. The molecule has 33 heavy (non-hydrogen) atoms. The molecule has 2 aromatic rings. The van der Waals surface area contributed by atoms with E-state index in [1.165, 1.54) is 4.31 Å². The van der Waals surface area contributed by atoms with E-state index in [0.29, 0.717) is 49.7 Å². The number of amides is 1. The number of benzene rings is 2. The Morgan fingerprint density at radius 2 is 1.67 bits per heavy atom. The topological polar surface area (TPSA) is 76.2 Å². The minimum Gasteiger partial charge on any atom is -0.486 e. The molecular formula is C25H32N2O5S. The fraction of sp³-hybridized carbons (Fsp3) is 0.480. The molecule has 1 unspecified atom stereocenters. The van der Waals surface area contributed by atoms with Gasteiger partial charge in [-0.05, 0) is 56.9 Å². The molecule has 2 aliphatic heterocycles. The van der Waals surface area contributed by atoms with Crippen molar-refractivity contribution in [3.8, 4) is 11.5 Å². The smallest absolute Gasteiger partial charge is 0.243 e. The Balaban J connectivity index is 1.35. The predicted molar refractivity (Wildman–Crippen MR) is 126 cm³/mol. The van der Waals surface area contributed by atoms with E-state index in [-0.39, 0.29) is 17.9 Å². The van der Waals surface area contributed by atoms with Crippen LogP contribution in [-0.4, -0.2) is 62.9 Å².